The van der Waals surface area contributed by atoms with Gasteiger partial charge in [-0.15, -0.1) is 22.7 Å². The number of thiazole rings is 2. The molecular weight excluding hydrogens is 432 g/mol. The summed E-state index contributed by atoms with van der Waals surface area (Å²) in [6.07, 6.45) is 4.17. The highest BCUT2D eigenvalue weighted by Crippen LogP contribution is 2.33. The van der Waals surface area contributed by atoms with Crippen LogP contribution in [0.2, 0.25) is 0 Å². The zero-order valence-electron chi connectivity index (χ0n) is 17.4. The summed E-state index contributed by atoms with van der Waals surface area (Å²) >= 11 is 3.06. The van der Waals surface area contributed by atoms with Crippen molar-refractivity contribution in [2.75, 3.05) is 13.1 Å². The number of aryl methyl sites for hydroxylation is 1. The molecular formula is C22H24N4O3S2. The fourth-order valence-corrected chi connectivity index (χ4v) is 5.94. The number of aromatic nitrogens is 3. The molecule has 2 aliphatic rings. The van der Waals surface area contributed by atoms with E-state index in [0.29, 0.717) is 30.1 Å². The number of rotatable bonds is 5. The average Bonchev–Trinajstić information content (AvgIpc) is 3.46. The predicted molar refractivity (Wildman–Crippen MR) is 119 cm³/mol. The minimum absolute atomic E-state index is 0.0328. The maximum atomic E-state index is 12.8. The maximum absolute atomic E-state index is 12.8. The molecule has 9 heteroatoms. The van der Waals surface area contributed by atoms with Crippen LogP contribution >= 0.6 is 22.7 Å². The van der Waals surface area contributed by atoms with Crippen LogP contribution in [-0.2, 0) is 11.2 Å². The van der Waals surface area contributed by atoms with Crippen LogP contribution in [0.1, 0.15) is 57.6 Å². The first-order valence-electron chi connectivity index (χ1n) is 10.5. The monoisotopic (exact) mass is 456 g/mol. The van der Waals surface area contributed by atoms with E-state index in [1.165, 1.54) is 11.3 Å². The lowest BCUT2D eigenvalue weighted by Gasteiger charge is -2.32. The quantitative estimate of drug-likeness (QED) is 0.631. The first-order valence-corrected chi connectivity index (χ1v) is 12.2. The first kappa shape index (κ1) is 20.7. The van der Waals surface area contributed by atoms with Gasteiger partial charge in [-0.25, -0.2) is 9.97 Å². The third-order valence-corrected chi connectivity index (χ3v) is 7.89. The Morgan fingerprint density at radius 2 is 2.06 bits per heavy atom. The molecule has 1 unspecified atom stereocenters. The minimum atomic E-state index is -0.575. The molecule has 3 aromatic heterocycles. The SMILES string of the molecule is Cc1nc(C(C)O)sc1-c1csc(Cc2ccc(C(=O)N3C[C@H]4CC[C@@H](C3)O4)cn2)n1. The number of morpholine rings is 1. The number of carbonyl (C=O) groups excluding carboxylic acids is 1. The summed E-state index contributed by atoms with van der Waals surface area (Å²) < 4.78 is 5.82. The van der Waals surface area contributed by atoms with Crippen molar-refractivity contribution in [2.24, 2.45) is 0 Å². The summed E-state index contributed by atoms with van der Waals surface area (Å²) in [7, 11) is 0. The second-order valence-electron chi connectivity index (χ2n) is 8.15. The minimum Gasteiger partial charge on any atom is -0.386 e. The third kappa shape index (κ3) is 4.27. The molecule has 2 aliphatic heterocycles. The smallest absolute Gasteiger partial charge is 0.255 e. The molecule has 31 heavy (non-hydrogen) atoms. The van der Waals surface area contributed by atoms with E-state index in [-0.39, 0.29) is 18.1 Å². The fraction of sp³-hybridized carbons (Fsp3) is 0.455. The summed E-state index contributed by atoms with van der Waals surface area (Å²) in [5.74, 6) is 0.0328. The highest BCUT2D eigenvalue weighted by Gasteiger charge is 2.36. The van der Waals surface area contributed by atoms with Crippen LogP contribution in [-0.4, -0.2) is 56.2 Å². The lowest BCUT2D eigenvalue weighted by molar-refractivity contribution is -0.0303. The molecule has 0 spiro atoms. The number of aliphatic hydroxyl groups is 1. The van der Waals surface area contributed by atoms with Gasteiger partial charge in [-0.2, -0.15) is 0 Å². The van der Waals surface area contributed by atoms with Crippen molar-refractivity contribution in [3.63, 3.8) is 0 Å². The molecule has 3 aromatic rings. The first-order chi connectivity index (χ1) is 15.0. The van der Waals surface area contributed by atoms with E-state index in [1.807, 2.05) is 29.3 Å². The van der Waals surface area contributed by atoms with Crippen molar-refractivity contribution >= 4 is 28.6 Å². The summed E-state index contributed by atoms with van der Waals surface area (Å²) in [4.78, 5) is 29.4. The molecule has 1 amide bonds. The van der Waals surface area contributed by atoms with E-state index in [9.17, 15) is 9.90 Å². The van der Waals surface area contributed by atoms with E-state index >= 15 is 0 Å². The standard InChI is InChI=1S/C22H24N4O3S2/c1-12-20(31-21(24-12)13(2)27)18-11-30-19(25-18)7-15-4-3-14(8-23-15)22(28)26-9-16-5-6-17(10-26)29-16/h3-4,8,11,13,16-17,27H,5-7,9-10H2,1-2H3/t13?,16-,17+. The normalized spacial score (nSPS) is 21.5. The van der Waals surface area contributed by atoms with Gasteiger partial charge in [0.25, 0.3) is 5.91 Å². The predicted octanol–water partition coefficient (Wildman–Crippen LogP) is 3.62. The molecule has 3 atom stereocenters. The van der Waals surface area contributed by atoms with Crippen LogP contribution in [0.5, 0.6) is 0 Å². The Morgan fingerprint density at radius 1 is 1.29 bits per heavy atom. The van der Waals surface area contributed by atoms with E-state index in [4.69, 9.17) is 9.72 Å². The summed E-state index contributed by atoms with van der Waals surface area (Å²) in [5.41, 5.74) is 3.27. The van der Waals surface area contributed by atoms with Gasteiger partial charge in [0.05, 0.1) is 39.0 Å². The topological polar surface area (TPSA) is 88.4 Å². The summed E-state index contributed by atoms with van der Waals surface area (Å²) in [6, 6.07) is 3.77. The molecule has 0 aromatic carbocycles. The number of fused-ring (bicyclic) bond motifs is 2. The number of amides is 1. The van der Waals surface area contributed by atoms with E-state index in [2.05, 4.69) is 9.97 Å². The molecule has 2 fully saturated rings. The van der Waals surface area contributed by atoms with Crippen molar-refractivity contribution in [3.8, 4) is 10.6 Å². The molecule has 2 bridgehead atoms. The fourth-order valence-electron chi connectivity index (χ4n) is 4.10. The number of aliphatic hydroxyl groups excluding tert-OH is 1. The van der Waals surface area contributed by atoms with Crippen molar-refractivity contribution < 1.29 is 14.6 Å². The van der Waals surface area contributed by atoms with Crippen molar-refractivity contribution in [1.29, 1.82) is 0 Å². The number of carbonyl (C=O) groups is 1. The number of ether oxygens (including phenoxy) is 1. The number of likely N-dealkylation sites (tertiary alicyclic amines) is 1. The molecule has 5 heterocycles. The summed E-state index contributed by atoms with van der Waals surface area (Å²) in [6.45, 7) is 5.01. The van der Waals surface area contributed by atoms with Crippen molar-refractivity contribution in [1.82, 2.24) is 19.9 Å². The number of hydrogen-bond donors (Lipinski definition) is 1. The summed E-state index contributed by atoms with van der Waals surface area (Å²) in [5, 5.41) is 13.5. The molecule has 7 nitrogen and oxygen atoms in total. The van der Waals surface area contributed by atoms with E-state index < -0.39 is 6.10 Å². The second-order valence-corrected chi connectivity index (χ2v) is 10.1. The molecule has 2 saturated heterocycles. The van der Waals surface area contributed by atoms with Crippen LogP contribution in [0.3, 0.4) is 0 Å². The molecule has 0 radical (unpaired) electrons. The van der Waals surface area contributed by atoms with Gasteiger partial charge in [-0.05, 0) is 38.8 Å². The average molecular weight is 457 g/mol. The molecule has 5 rings (SSSR count). The Kier molecular flexibility index (Phi) is 5.60. The van der Waals surface area contributed by atoms with Crippen LogP contribution in [0.15, 0.2) is 23.7 Å². The van der Waals surface area contributed by atoms with Crippen molar-refractivity contribution in [3.05, 3.63) is 50.7 Å². The van der Waals surface area contributed by atoms with Crippen LogP contribution < -0.4 is 0 Å². The number of hydrogen-bond acceptors (Lipinski definition) is 8. The van der Waals surface area contributed by atoms with Gasteiger partial charge < -0.3 is 14.7 Å². The lowest BCUT2D eigenvalue weighted by atomic mass is 10.2. The molecule has 0 aliphatic carbocycles. The molecule has 1 N–H and O–H groups in total. The van der Waals surface area contributed by atoms with Crippen LogP contribution in [0, 0.1) is 6.92 Å². The number of pyridine rings is 1. The van der Waals surface area contributed by atoms with Gasteiger partial charge in [0.15, 0.2) is 0 Å². The lowest BCUT2D eigenvalue weighted by Crippen LogP contribution is -2.45. The molecule has 162 valence electrons. The zero-order valence-corrected chi connectivity index (χ0v) is 19.1. The Labute approximate surface area is 188 Å². The highest BCUT2D eigenvalue weighted by molar-refractivity contribution is 7.16. The highest BCUT2D eigenvalue weighted by atomic mass is 32.1. The van der Waals surface area contributed by atoms with Crippen LogP contribution in [0.4, 0.5) is 0 Å². The van der Waals surface area contributed by atoms with Crippen LogP contribution in [0.25, 0.3) is 10.6 Å². The third-order valence-electron chi connectivity index (χ3n) is 5.69. The Bertz CT molecular complexity index is 1080. The Morgan fingerprint density at radius 3 is 2.71 bits per heavy atom. The van der Waals surface area contributed by atoms with Gasteiger partial charge in [-0.1, -0.05) is 0 Å². The van der Waals surface area contributed by atoms with E-state index in [1.54, 1.807) is 24.5 Å². The van der Waals surface area contributed by atoms with Gasteiger partial charge in [0.2, 0.25) is 0 Å². The van der Waals surface area contributed by atoms with Gasteiger partial charge in [0, 0.05) is 36.8 Å². The second kappa shape index (κ2) is 8.38. The largest absolute Gasteiger partial charge is 0.386 e. The van der Waals surface area contributed by atoms with Gasteiger partial charge >= 0.3 is 0 Å². The number of nitrogens with zero attached hydrogens (tertiary/aromatic N) is 4. The Balaban J connectivity index is 1.26. The van der Waals surface area contributed by atoms with Gasteiger partial charge in [-0.3, -0.25) is 9.78 Å². The van der Waals surface area contributed by atoms with Gasteiger partial charge in [0.1, 0.15) is 11.1 Å². The molecule has 0 saturated carbocycles. The van der Waals surface area contributed by atoms with E-state index in [0.717, 1.165) is 39.8 Å². The maximum Gasteiger partial charge on any atom is 0.255 e. The zero-order chi connectivity index (χ0) is 21.5. The Hall–Kier alpha value is -2.20. The van der Waals surface area contributed by atoms with Crippen molar-refractivity contribution in [2.45, 2.75) is 51.4 Å².